The second-order valence-corrected chi connectivity index (χ2v) is 11.4. The van der Waals surface area contributed by atoms with Gasteiger partial charge in [-0.25, -0.2) is 13.6 Å². The second kappa shape index (κ2) is 10.7. The van der Waals surface area contributed by atoms with Crippen molar-refractivity contribution in [3.05, 3.63) is 65.9 Å². The standard InChI is InChI=1S/C25H25N7O6S2/c1-30-20(23(38-29-30)28-22(34)15-5-3-2-4-6-15)14-31-19(24(35)32(25(31)39)17-9-10-17)13-21(33)27-16-7-11-18(12-8-16)40(26,36)37/h2-8,11-12,17,19H,9-10,13-14H2,1H3,(H3-,26,27,28,29,33,34,36,37)/p+1. The summed E-state index contributed by atoms with van der Waals surface area (Å²) in [6, 6.07) is 13.0. The van der Waals surface area contributed by atoms with Gasteiger partial charge in [-0.15, -0.1) is 0 Å². The van der Waals surface area contributed by atoms with Gasteiger partial charge in [0.05, 0.1) is 11.3 Å². The molecule has 1 saturated heterocycles. The number of primary sulfonamides is 1. The van der Waals surface area contributed by atoms with Crippen LogP contribution in [0.4, 0.5) is 11.6 Å². The fourth-order valence-corrected chi connectivity index (χ4v) is 5.31. The molecular weight excluding hydrogens is 558 g/mol. The van der Waals surface area contributed by atoms with Crippen LogP contribution in [0, 0.1) is 0 Å². The highest BCUT2D eigenvalue weighted by Gasteiger charge is 2.50. The number of nitrogens with two attached hydrogens (primary N) is 1. The molecule has 0 bridgehead atoms. The summed E-state index contributed by atoms with van der Waals surface area (Å²) in [6.45, 7) is 0.0409. The Labute approximate surface area is 234 Å². The molecule has 0 radical (unpaired) electrons. The van der Waals surface area contributed by atoms with Crippen molar-refractivity contribution >= 4 is 56.6 Å². The third-order valence-electron chi connectivity index (χ3n) is 6.60. The number of aromatic nitrogens is 2. The van der Waals surface area contributed by atoms with Crippen molar-refractivity contribution < 1.29 is 32.0 Å². The predicted octanol–water partition coefficient (Wildman–Crippen LogP) is 0.888. The zero-order valence-electron chi connectivity index (χ0n) is 21.3. The highest BCUT2D eigenvalue weighted by molar-refractivity contribution is 7.89. The zero-order chi connectivity index (χ0) is 28.6. The first-order valence-corrected chi connectivity index (χ1v) is 14.3. The number of nitrogens with zero attached hydrogens (tertiary/aromatic N) is 4. The van der Waals surface area contributed by atoms with E-state index in [2.05, 4.69) is 15.9 Å². The first-order chi connectivity index (χ1) is 19.0. The molecule has 1 unspecified atom stereocenters. The molecule has 2 aliphatic rings. The van der Waals surface area contributed by atoms with Crippen molar-refractivity contribution in [3.63, 3.8) is 0 Å². The van der Waals surface area contributed by atoms with Gasteiger partial charge < -0.3 is 10.2 Å². The van der Waals surface area contributed by atoms with Crippen molar-refractivity contribution in [1.29, 1.82) is 0 Å². The van der Waals surface area contributed by atoms with Gasteiger partial charge in [0.1, 0.15) is 12.6 Å². The molecule has 1 aromatic heterocycles. The van der Waals surface area contributed by atoms with E-state index in [4.69, 9.17) is 21.9 Å². The Bertz CT molecular complexity index is 1590. The van der Waals surface area contributed by atoms with Crippen LogP contribution in [-0.4, -0.2) is 58.4 Å². The van der Waals surface area contributed by atoms with E-state index in [0.717, 1.165) is 12.8 Å². The lowest BCUT2D eigenvalue weighted by atomic mass is 10.1. The molecule has 0 spiro atoms. The first-order valence-electron chi connectivity index (χ1n) is 12.3. The average molecular weight is 585 g/mol. The largest absolute Gasteiger partial charge is 0.326 e. The molecular formula is C25H26N7O6S2+. The lowest BCUT2D eigenvalue weighted by Crippen LogP contribution is -2.43. The number of aryl methyl sites for hydroxylation is 1. The van der Waals surface area contributed by atoms with Crippen LogP contribution in [0.3, 0.4) is 0 Å². The van der Waals surface area contributed by atoms with E-state index < -0.39 is 27.9 Å². The number of amides is 3. The topological polar surface area (TPSA) is 172 Å². The molecule has 1 aliphatic heterocycles. The number of anilines is 2. The van der Waals surface area contributed by atoms with Crippen molar-refractivity contribution in [2.24, 2.45) is 12.2 Å². The van der Waals surface area contributed by atoms with Crippen LogP contribution in [0.15, 0.2) is 64.0 Å². The van der Waals surface area contributed by atoms with Gasteiger partial charge in [-0.05, 0) is 66.1 Å². The highest BCUT2D eigenvalue weighted by atomic mass is 32.2. The number of benzene rings is 2. The molecule has 40 heavy (non-hydrogen) atoms. The number of carbonyl (C=O) groups excluding carboxylic acids is 3. The third-order valence-corrected chi connectivity index (χ3v) is 7.96. The Morgan fingerprint density at radius 2 is 1.80 bits per heavy atom. The van der Waals surface area contributed by atoms with E-state index in [1.54, 1.807) is 47.2 Å². The van der Waals surface area contributed by atoms with Crippen LogP contribution >= 0.6 is 12.2 Å². The summed E-state index contributed by atoms with van der Waals surface area (Å²) in [6.07, 6.45) is 1.41. The Morgan fingerprint density at radius 1 is 1.12 bits per heavy atom. The molecule has 1 atom stereocenters. The van der Waals surface area contributed by atoms with Crippen molar-refractivity contribution in [2.75, 3.05) is 10.6 Å². The van der Waals surface area contributed by atoms with Crippen LogP contribution in [0.1, 0.15) is 35.3 Å². The second-order valence-electron chi connectivity index (χ2n) is 9.48. The van der Waals surface area contributed by atoms with Crippen LogP contribution < -0.4 is 20.5 Å². The predicted molar refractivity (Wildman–Crippen MR) is 145 cm³/mol. The van der Waals surface area contributed by atoms with Gasteiger partial charge in [0, 0.05) is 17.3 Å². The van der Waals surface area contributed by atoms with E-state index in [9.17, 15) is 22.8 Å². The summed E-state index contributed by atoms with van der Waals surface area (Å²) in [7, 11) is -2.25. The lowest BCUT2D eigenvalue weighted by molar-refractivity contribution is -0.746. The van der Waals surface area contributed by atoms with Crippen molar-refractivity contribution in [1.82, 2.24) is 15.1 Å². The zero-order valence-corrected chi connectivity index (χ0v) is 22.9. The first kappa shape index (κ1) is 27.4. The van der Waals surface area contributed by atoms with Gasteiger partial charge in [-0.1, -0.05) is 18.2 Å². The van der Waals surface area contributed by atoms with Gasteiger partial charge in [0.2, 0.25) is 21.2 Å². The van der Waals surface area contributed by atoms with Crippen molar-refractivity contribution in [3.8, 4) is 0 Å². The monoisotopic (exact) mass is 584 g/mol. The van der Waals surface area contributed by atoms with E-state index >= 15 is 0 Å². The average Bonchev–Trinajstić information content (AvgIpc) is 3.65. The molecule has 2 aromatic carbocycles. The summed E-state index contributed by atoms with van der Waals surface area (Å²) >= 11 is 5.67. The maximum atomic E-state index is 13.4. The molecule has 5 rings (SSSR count). The van der Waals surface area contributed by atoms with Crippen LogP contribution in [0.25, 0.3) is 0 Å². The minimum absolute atomic E-state index is 0.0187. The summed E-state index contributed by atoms with van der Waals surface area (Å²) < 4.78 is 29.8. The molecule has 2 heterocycles. The van der Waals surface area contributed by atoms with Crippen LogP contribution in [0.2, 0.25) is 0 Å². The van der Waals surface area contributed by atoms with E-state index in [-0.39, 0.29) is 40.8 Å². The number of nitrogens with one attached hydrogen (secondary N) is 2. The Morgan fingerprint density at radius 3 is 2.42 bits per heavy atom. The molecule has 2 fully saturated rings. The molecule has 1 aliphatic carbocycles. The SMILES string of the molecule is C[n+]1noc(NC(=O)c2ccccc2)c1CN1C(=S)N(C2CC2)C(=O)C1CC(=O)Nc1ccc(S(N)(=O)=O)cc1. The molecule has 1 saturated carbocycles. The Balaban J connectivity index is 1.35. The van der Waals surface area contributed by atoms with Gasteiger partial charge in [0.25, 0.3) is 17.5 Å². The summed E-state index contributed by atoms with van der Waals surface area (Å²) in [5.41, 5.74) is 1.21. The summed E-state index contributed by atoms with van der Waals surface area (Å²) in [5, 5.41) is 14.7. The number of sulfonamides is 1. The van der Waals surface area contributed by atoms with Crippen LogP contribution in [0.5, 0.6) is 0 Å². The maximum absolute atomic E-state index is 13.4. The maximum Gasteiger partial charge on any atom is 0.307 e. The van der Waals surface area contributed by atoms with E-state index in [1.165, 1.54) is 28.9 Å². The number of hydrogen-bond acceptors (Lipinski definition) is 8. The highest BCUT2D eigenvalue weighted by Crippen LogP contribution is 2.35. The molecule has 15 heteroatoms. The van der Waals surface area contributed by atoms with Gasteiger partial charge >= 0.3 is 5.88 Å². The molecule has 3 amide bonds. The third kappa shape index (κ3) is 5.71. The molecule has 13 nitrogen and oxygen atoms in total. The normalized spacial score (nSPS) is 17.3. The smallest absolute Gasteiger partial charge is 0.307 e. The van der Waals surface area contributed by atoms with Gasteiger partial charge in [0.15, 0.2) is 12.2 Å². The number of carbonyl (C=O) groups is 3. The minimum Gasteiger partial charge on any atom is -0.326 e. The number of thiocarbonyl (C=S) groups is 1. The molecule has 3 aromatic rings. The fraction of sp³-hybridized carbons (Fsp3) is 0.280. The molecule has 4 N–H and O–H groups in total. The quantitative estimate of drug-likeness (QED) is 0.244. The molecule has 208 valence electrons. The number of hydrogen-bond donors (Lipinski definition) is 3. The van der Waals surface area contributed by atoms with E-state index in [1.807, 2.05) is 0 Å². The Hall–Kier alpha value is -4.21. The van der Waals surface area contributed by atoms with Gasteiger partial charge in [-0.2, -0.15) is 0 Å². The summed E-state index contributed by atoms with van der Waals surface area (Å²) in [4.78, 5) is 42.2. The van der Waals surface area contributed by atoms with Crippen molar-refractivity contribution in [2.45, 2.75) is 42.8 Å². The Kier molecular flexibility index (Phi) is 7.35. The minimum atomic E-state index is -3.88. The summed E-state index contributed by atoms with van der Waals surface area (Å²) in [5.74, 6) is -1.07. The van der Waals surface area contributed by atoms with E-state index in [0.29, 0.717) is 16.9 Å². The van der Waals surface area contributed by atoms with Crippen LogP contribution in [-0.2, 0) is 33.2 Å². The fourth-order valence-electron chi connectivity index (χ4n) is 4.37. The number of rotatable bonds is 9. The lowest BCUT2D eigenvalue weighted by Gasteiger charge is -2.22. The van der Waals surface area contributed by atoms with Gasteiger partial charge in [-0.3, -0.25) is 29.1 Å².